The van der Waals surface area contributed by atoms with Gasteiger partial charge in [0.15, 0.2) is 0 Å². The van der Waals surface area contributed by atoms with Crippen LogP contribution in [0.2, 0.25) is 0 Å². The number of rotatable bonds is 2. The summed E-state index contributed by atoms with van der Waals surface area (Å²) >= 11 is 0. The molecule has 0 aliphatic carbocycles. The van der Waals surface area contributed by atoms with Crippen LogP contribution < -0.4 is 0 Å². The summed E-state index contributed by atoms with van der Waals surface area (Å²) in [5, 5.41) is 0. The lowest BCUT2D eigenvalue weighted by atomic mass is 10.1. The second-order valence-corrected chi connectivity index (χ2v) is 4.81. The molecule has 0 N–H and O–H groups in total. The predicted molar refractivity (Wildman–Crippen MR) is 64.9 cm³/mol. The lowest BCUT2D eigenvalue weighted by Gasteiger charge is -2.32. The summed E-state index contributed by atoms with van der Waals surface area (Å²) < 4.78 is 0. The maximum Gasteiger partial charge on any atom is 0.0325 e. The molecule has 3 atom stereocenters. The highest BCUT2D eigenvalue weighted by Gasteiger charge is 2.31. The van der Waals surface area contributed by atoms with Crippen LogP contribution in [0, 0.1) is 0 Å². The molecule has 1 aromatic carbocycles. The van der Waals surface area contributed by atoms with Gasteiger partial charge in [-0.2, -0.15) is 0 Å². The maximum atomic E-state index is 2.65. The molecule has 0 bridgehead atoms. The van der Waals surface area contributed by atoms with Crippen molar-refractivity contribution in [3.05, 3.63) is 35.9 Å². The monoisotopic (exact) mass is 203 g/mol. The molecule has 0 spiro atoms. The summed E-state index contributed by atoms with van der Waals surface area (Å²) in [6, 6.07) is 12.9. The Labute approximate surface area is 93.1 Å². The number of hydrogen-bond acceptors (Lipinski definition) is 1. The first-order chi connectivity index (χ1) is 7.20. The van der Waals surface area contributed by atoms with Crippen LogP contribution in [0.15, 0.2) is 30.3 Å². The lowest BCUT2D eigenvalue weighted by molar-refractivity contribution is 0.156. The van der Waals surface area contributed by atoms with E-state index in [1.54, 1.807) is 0 Å². The van der Waals surface area contributed by atoms with Gasteiger partial charge in [-0.05, 0) is 39.2 Å². The van der Waals surface area contributed by atoms with Gasteiger partial charge in [0.25, 0.3) is 0 Å². The summed E-state index contributed by atoms with van der Waals surface area (Å²) in [5.74, 6) is 0. The first-order valence-corrected chi connectivity index (χ1v) is 6.02. The minimum atomic E-state index is 0.554. The van der Waals surface area contributed by atoms with Crippen molar-refractivity contribution in [1.29, 1.82) is 0 Å². The Balaban J connectivity index is 2.17. The van der Waals surface area contributed by atoms with Crippen molar-refractivity contribution in [1.82, 2.24) is 4.90 Å². The van der Waals surface area contributed by atoms with Crippen molar-refractivity contribution in [3.8, 4) is 0 Å². The highest BCUT2D eigenvalue weighted by molar-refractivity contribution is 5.19. The van der Waals surface area contributed by atoms with Gasteiger partial charge in [0.1, 0.15) is 0 Å². The summed E-state index contributed by atoms with van der Waals surface area (Å²) in [6.07, 6.45) is 2.69. The van der Waals surface area contributed by atoms with Gasteiger partial charge < -0.3 is 0 Å². The highest BCUT2D eigenvalue weighted by Crippen LogP contribution is 2.32. The molecule has 1 heterocycles. The molecule has 2 rings (SSSR count). The smallest absolute Gasteiger partial charge is 0.0325 e. The average Bonchev–Trinajstić information content (AvgIpc) is 2.59. The van der Waals surface area contributed by atoms with Crippen molar-refractivity contribution in [2.75, 3.05) is 0 Å². The molecule has 0 saturated carbocycles. The molecule has 1 aliphatic heterocycles. The predicted octanol–water partition coefficient (Wildman–Crippen LogP) is 3.62. The van der Waals surface area contributed by atoms with Crippen LogP contribution >= 0.6 is 0 Å². The van der Waals surface area contributed by atoms with Crippen molar-refractivity contribution in [2.45, 2.75) is 51.7 Å². The Hall–Kier alpha value is -0.820. The molecule has 82 valence electrons. The zero-order chi connectivity index (χ0) is 10.8. The van der Waals surface area contributed by atoms with Gasteiger partial charge in [-0.25, -0.2) is 0 Å². The minimum Gasteiger partial charge on any atom is -0.291 e. The molecule has 15 heavy (non-hydrogen) atoms. The standard InChI is InChI=1S/C14H21N/c1-11-9-10-12(2)15(11)13(3)14-7-5-4-6-8-14/h4-8,11-13H,9-10H2,1-3H3/t11-,12-,13-/m0/s1. The molecule has 0 radical (unpaired) electrons. The third-order valence-electron chi connectivity index (χ3n) is 3.75. The third kappa shape index (κ3) is 2.07. The molecule has 1 aliphatic rings. The van der Waals surface area contributed by atoms with E-state index >= 15 is 0 Å². The molecule has 1 fully saturated rings. The van der Waals surface area contributed by atoms with Crippen molar-refractivity contribution in [2.24, 2.45) is 0 Å². The van der Waals surface area contributed by atoms with Gasteiger partial charge in [0, 0.05) is 18.1 Å². The second kappa shape index (κ2) is 4.36. The molecule has 0 unspecified atom stereocenters. The SMILES string of the molecule is C[C@H]1CC[C@H](C)N1[C@@H](C)c1ccccc1. The van der Waals surface area contributed by atoms with Gasteiger partial charge in [-0.1, -0.05) is 30.3 Å². The van der Waals surface area contributed by atoms with Crippen LogP contribution in [0.5, 0.6) is 0 Å². The Morgan fingerprint density at radius 3 is 2.13 bits per heavy atom. The normalized spacial score (nSPS) is 29.3. The van der Waals surface area contributed by atoms with Crippen molar-refractivity contribution < 1.29 is 0 Å². The van der Waals surface area contributed by atoms with Crippen molar-refractivity contribution in [3.63, 3.8) is 0 Å². The molecule has 1 nitrogen and oxygen atoms in total. The van der Waals surface area contributed by atoms with E-state index in [0.717, 1.165) is 12.1 Å². The minimum absolute atomic E-state index is 0.554. The van der Waals surface area contributed by atoms with E-state index < -0.39 is 0 Å². The average molecular weight is 203 g/mol. The summed E-state index contributed by atoms with van der Waals surface area (Å²) in [6.45, 7) is 7.03. The van der Waals surface area contributed by atoms with Crippen LogP contribution in [0.1, 0.15) is 45.2 Å². The Bertz CT molecular complexity index is 296. The van der Waals surface area contributed by atoms with Gasteiger partial charge in [0.05, 0.1) is 0 Å². The fourth-order valence-corrected chi connectivity index (χ4v) is 2.88. The Morgan fingerprint density at radius 2 is 1.60 bits per heavy atom. The molecule has 1 saturated heterocycles. The molecule has 0 aromatic heterocycles. The van der Waals surface area contributed by atoms with E-state index in [9.17, 15) is 0 Å². The first-order valence-electron chi connectivity index (χ1n) is 6.02. The van der Waals surface area contributed by atoms with E-state index in [0.29, 0.717) is 6.04 Å². The van der Waals surface area contributed by atoms with E-state index in [4.69, 9.17) is 0 Å². The van der Waals surface area contributed by atoms with Crippen LogP contribution in [0.3, 0.4) is 0 Å². The van der Waals surface area contributed by atoms with Crippen LogP contribution in [0.4, 0.5) is 0 Å². The fraction of sp³-hybridized carbons (Fsp3) is 0.571. The second-order valence-electron chi connectivity index (χ2n) is 4.81. The van der Waals surface area contributed by atoms with E-state index in [1.807, 2.05) is 0 Å². The van der Waals surface area contributed by atoms with Crippen LogP contribution in [0.25, 0.3) is 0 Å². The summed E-state index contributed by atoms with van der Waals surface area (Å²) in [5.41, 5.74) is 1.44. The zero-order valence-corrected chi connectivity index (χ0v) is 9.98. The lowest BCUT2D eigenvalue weighted by Crippen LogP contribution is -2.35. The van der Waals surface area contributed by atoms with Gasteiger partial charge in [-0.15, -0.1) is 0 Å². The van der Waals surface area contributed by atoms with Gasteiger partial charge in [0.2, 0.25) is 0 Å². The molecular formula is C14H21N. The quantitative estimate of drug-likeness (QED) is 0.709. The number of nitrogens with zero attached hydrogens (tertiary/aromatic N) is 1. The molecule has 1 aromatic rings. The Kier molecular flexibility index (Phi) is 3.11. The van der Waals surface area contributed by atoms with Crippen molar-refractivity contribution >= 4 is 0 Å². The van der Waals surface area contributed by atoms with Crippen LogP contribution in [-0.2, 0) is 0 Å². The largest absolute Gasteiger partial charge is 0.291 e. The van der Waals surface area contributed by atoms with Gasteiger partial charge in [-0.3, -0.25) is 4.90 Å². The number of benzene rings is 1. The zero-order valence-electron chi connectivity index (χ0n) is 9.98. The Morgan fingerprint density at radius 1 is 1.07 bits per heavy atom. The van der Waals surface area contributed by atoms with E-state index in [1.165, 1.54) is 18.4 Å². The summed E-state index contributed by atoms with van der Waals surface area (Å²) in [4.78, 5) is 2.65. The fourth-order valence-electron chi connectivity index (χ4n) is 2.88. The van der Waals surface area contributed by atoms with E-state index in [-0.39, 0.29) is 0 Å². The first kappa shape index (κ1) is 10.7. The molecule has 1 heteroatoms. The highest BCUT2D eigenvalue weighted by atomic mass is 15.2. The molecule has 0 amide bonds. The number of likely N-dealkylation sites (tertiary alicyclic amines) is 1. The summed E-state index contributed by atoms with van der Waals surface area (Å²) in [7, 11) is 0. The third-order valence-corrected chi connectivity index (χ3v) is 3.75. The van der Waals surface area contributed by atoms with Crippen LogP contribution in [-0.4, -0.2) is 17.0 Å². The maximum absolute atomic E-state index is 2.65. The number of hydrogen-bond donors (Lipinski definition) is 0. The topological polar surface area (TPSA) is 3.24 Å². The molecular weight excluding hydrogens is 182 g/mol. The van der Waals surface area contributed by atoms with E-state index in [2.05, 4.69) is 56.0 Å². The van der Waals surface area contributed by atoms with Gasteiger partial charge >= 0.3 is 0 Å².